The molecule has 3 aliphatic rings. The van der Waals surface area contributed by atoms with Gasteiger partial charge in [-0.2, -0.15) is 0 Å². The van der Waals surface area contributed by atoms with Crippen LogP contribution in [0.15, 0.2) is 24.3 Å². The van der Waals surface area contributed by atoms with Gasteiger partial charge in [-0.1, -0.05) is 12.1 Å². The molecule has 0 bridgehead atoms. The smallest absolute Gasteiger partial charge is 0.231 e. The monoisotopic (exact) mass is 295 g/mol. The van der Waals surface area contributed by atoms with Gasteiger partial charge in [0.1, 0.15) is 5.75 Å². The number of nitrogens with zero attached hydrogens (tertiary/aromatic N) is 1. The van der Waals surface area contributed by atoms with Crippen molar-refractivity contribution < 1.29 is 14.6 Å². The lowest BCUT2D eigenvalue weighted by molar-refractivity contribution is 0.174. The van der Waals surface area contributed by atoms with E-state index < -0.39 is 0 Å². The van der Waals surface area contributed by atoms with Gasteiger partial charge < -0.3 is 14.6 Å². The molecule has 4 heteroatoms. The average Bonchev–Trinajstić information content (AvgIpc) is 2.98. The second kappa shape index (κ2) is 4.17. The minimum absolute atomic E-state index is 0.259. The third-order valence-corrected chi connectivity index (χ3v) is 5.18. The minimum atomic E-state index is 0.259. The molecule has 0 unspecified atom stereocenters. The Labute approximate surface area is 128 Å². The van der Waals surface area contributed by atoms with E-state index >= 15 is 0 Å². The van der Waals surface area contributed by atoms with Gasteiger partial charge >= 0.3 is 0 Å². The number of hydrogen-bond donors (Lipinski definition) is 1. The Balaban J connectivity index is 1.91. The maximum absolute atomic E-state index is 10.5. The van der Waals surface area contributed by atoms with Gasteiger partial charge in [-0.05, 0) is 48.7 Å². The van der Waals surface area contributed by atoms with Gasteiger partial charge in [-0.15, -0.1) is 0 Å². The fraction of sp³-hybridized carbons (Fsp3) is 0.333. The van der Waals surface area contributed by atoms with Crippen LogP contribution in [0.5, 0.6) is 17.2 Å². The molecule has 0 aromatic heterocycles. The van der Waals surface area contributed by atoms with Crippen LogP contribution in [-0.4, -0.2) is 30.4 Å². The van der Waals surface area contributed by atoms with Crippen LogP contribution in [0.1, 0.15) is 22.7 Å². The molecule has 2 heterocycles. The second-order valence-corrected chi connectivity index (χ2v) is 6.32. The highest BCUT2D eigenvalue weighted by Crippen LogP contribution is 2.55. The summed E-state index contributed by atoms with van der Waals surface area (Å²) in [6.07, 6.45) is 1.94. The van der Waals surface area contributed by atoms with Crippen LogP contribution >= 0.6 is 0 Å². The fourth-order valence-corrected chi connectivity index (χ4v) is 4.13. The maximum Gasteiger partial charge on any atom is 0.231 e. The van der Waals surface area contributed by atoms with E-state index in [1.807, 2.05) is 6.07 Å². The lowest BCUT2D eigenvalue weighted by atomic mass is 9.76. The number of rotatable bonds is 0. The van der Waals surface area contributed by atoms with Crippen molar-refractivity contribution in [2.24, 2.45) is 0 Å². The predicted molar refractivity (Wildman–Crippen MR) is 82.4 cm³/mol. The molecule has 0 saturated heterocycles. The lowest BCUT2D eigenvalue weighted by Gasteiger charge is -2.40. The Morgan fingerprint density at radius 1 is 1.18 bits per heavy atom. The lowest BCUT2D eigenvalue weighted by Crippen LogP contribution is -2.35. The summed E-state index contributed by atoms with van der Waals surface area (Å²) in [6, 6.07) is 8.26. The predicted octanol–water partition coefficient (Wildman–Crippen LogP) is 2.87. The van der Waals surface area contributed by atoms with E-state index in [0.717, 1.165) is 42.0 Å². The molecule has 0 spiro atoms. The van der Waals surface area contributed by atoms with Crippen LogP contribution in [0.25, 0.3) is 11.1 Å². The van der Waals surface area contributed by atoms with E-state index in [4.69, 9.17) is 9.47 Å². The molecule has 0 fully saturated rings. The van der Waals surface area contributed by atoms with Gasteiger partial charge in [0, 0.05) is 23.7 Å². The molecular formula is C18H17NO3. The van der Waals surface area contributed by atoms with Crippen molar-refractivity contribution in [1.29, 1.82) is 0 Å². The van der Waals surface area contributed by atoms with Gasteiger partial charge in [0.25, 0.3) is 0 Å². The Hall–Kier alpha value is -2.20. The van der Waals surface area contributed by atoms with E-state index in [1.165, 1.54) is 16.7 Å². The van der Waals surface area contributed by atoms with E-state index in [9.17, 15) is 5.11 Å². The average molecular weight is 295 g/mol. The number of phenols is 1. The quantitative estimate of drug-likeness (QED) is 0.811. The summed E-state index contributed by atoms with van der Waals surface area (Å²) in [5, 5.41) is 10.5. The zero-order valence-electron chi connectivity index (χ0n) is 12.4. The molecule has 0 amide bonds. The van der Waals surface area contributed by atoms with Crippen LogP contribution in [0.3, 0.4) is 0 Å². The van der Waals surface area contributed by atoms with Crippen LogP contribution in [-0.2, 0) is 12.8 Å². The Morgan fingerprint density at radius 3 is 3.00 bits per heavy atom. The Morgan fingerprint density at radius 2 is 2.09 bits per heavy atom. The topological polar surface area (TPSA) is 41.9 Å². The molecule has 1 N–H and O–H groups in total. The van der Waals surface area contributed by atoms with Gasteiger partial charge in [-0.25, -0.2) is 0 Å². The molecule has 22 heavy (non-hydrogen) atoms. The number of aromatic hydroxyl groups is 1. The van der Waals surface area contributed by atoms with Gasteiger partial charge in [0.15, 0.2) is 11.5 Å². The molecule has 2 aromatic carbocycles. The van der Waals surface area contributed by atoms with E-state index in [-0.39, 0.29) is 6.79 Å². The van der Waals surface area contributed by atoms with Crippen LogP contribution in [0.2, 0.25) is 0 Å². The van der Waals surface area contributed by atoms with Gasteiger partial charge in [0.05, 0.1) is 0 Å². The minimum Gasteiger partial charge on any atom is -0.507 e. The van der Waals surface area contributed by atoms with Crippen molar-refractivity contribution in [3.05, 3.63) is 41.0 Å². The summed E-state index contributed by atoms with van der Waals surface area (Å²) >= 11 is 0. The Bertz CT molecular complexity index is 799. The van der Waals surface area contributed by atoms with Gasteiger partial charge in [0.2, 0.25) is 6.79 Å². The summed E-state index contributed by atoms with van der Waals surface area (Å²) in [4.78, 5) is 2.40. The molecule has 0 radical (unpaired) electrons. The highest BCUT2D eigenvalue weighted by atomic mass is 16.7. The molecule has 5 rings (SSSR count). The number of benzene rings is 2. The fourth-order valence-electron chi connectivity index (χ4n) is 4.13. The molecule has 1 atom stereocenters. The van der Waals surface area contributed by atoms with E-state index in [1.54, 1.807) is 6.07 Å². The Kier molecular flexibility index (Phi) is 2.34. The summed E-state index contributed by atoms with van der Waals surface area (Å²) in [5.41, 5.74) is 5.79. The van der Waals surface area contributed by atoms with Crippen LogP contribution in [0.4, 0.5) is 0 Å². The highest BCUT2D eigenvalue weighted by molar-refractivity contribution is 5.87. The maximum atomic E-state index is 10.5. The summed E-state index contributed by atoms with van der Waals surface area (Å²) in [7, 11) is 2.18. The first-order valence-corrected chi connectivity index (χ1v) is 7.71. The normalized spacial score (nSPS) is 21.4. The molecule has 4 nitrogen and oxygen atoms in total. The third-order valence-electron chi connectivity index (χ3n) is 5.18. The zero-order chi connectivity index (χ0) is 14.8. The van der Waals surface area contributed by atoms with Crippen molar-refractivity contribution in [2.75, 3.05) is 20.4 Å². The molecule has 2 aliphatic heterocycles. The van der Waals surface area contributed by atoms with Crippen molar-refractivity contribution in [2.45, 2.75) is 18.9 Å². The standard InChI is InChI=1S/C18H17NO3/c1-19-6-5-11-8-14-18(22-9-21-14)17-15(11)12(19)7-10-3-2-4-13(20)16(10)17/h2-4,8,12,20H,5-7,9H2,1H3/t12-/m1/s1. The van der Waals surface area contributed by atoms with Crippen molar-refractivity contribution >= 4 is 0 Å². The van der Waals surface area contributed by atoms with E-state index in [0.29, 0.717) is 11.8 Å². The number of phenolic OH excluding ortho intramolecular Hbond substituents is 1. The van der Waals surface area contributed by atoms with Crippen molar-refractivity contribution in [3.8, 4) is 28.4 Å². The van der Waals surface area contributed by atoms with Crippen LogP contribution < -0.4 is 9.47 Å². The first kappa shape index (κ1) is 12.4. The number of likely N-dealkylation sites (N-methyl/N-ethyl adjacent to an activating group) is 1. The zero-order valence-corrected chi connectivity index (χ0v) is 12.4. The largest absolute Gasteiger partial charge is 0.507 e. The molecule has 1 aliphatic carbocycles. The number of hydrogen-bond acceptors (Lipinski definition) is 4. The first-order valence-electron chi connectivity index (χ1n) is 7.71. The SMILES string of the molecule is CN1CCc2cc3c(c4c2[C@H]1Cc1cccc(O)c1-4)OCO3. The summed E-state index contributed by atoms with van der Waals surface area (Å²) < 4.78 is 11.4. The van der Waals surface area contributed by atoms with Crippen LogP contribution in [0, 0.1) is 0 Å². The highest BCUT2D eigenvalue weighted by Gasteiger charge is 2.38. The molecule has 0 saturated carbocycles. The number of ether oxygens (including phenoxy) is 2. The van der Waals surface area contributed by atoms with Crippen molar-refractivity contribution in [1.82, 2.24) is 4.90 Å². The van der Waals surface area contributed by atoms with Gasteiger partial charge in [-0.3, -0.25) is 4.90 Å². The summed E-state index contributed by atoms with van der Waals surface area (Å²) in [6.45, 7) is 1.31. The van der Waals surface area contributed by atoms with Crippen molar-refractivity contribution in [3.63, 3.8) is 0 Å². The molecule has 112 valence electrons. The summed E-state index contributed by atoms with van der Waals surface area (Å²) in [5.74, 6) is 1.94. The molecular weight excluding hydrogens is 278 g/mol. The van der Waals surface area contributed by atoms with E-state index in [2.05, 4.69) is 24.1 Å². The number of fused-ring (bicyclic) bond motifs is 4. The second-order valence-electron chi connectivity index (χ2n) is 6.32. The molecule has 2 aromatic rings. The third kappa shape index (κ3) is 1.45. The first-order chi connectivity index (χ1) is 10.7.